The number of carbonyl (C=O) groups excluding carboxylic acids is 2. The first-order valence-corrected chi connectivity index (χ1v) is 30.0. The van der Waals surface area contributed by atoms with Crippen molar-refractivity contribution in [1.82, 2.24) is 0 Å². The van der Waals surface area contributed by atoms with Gasteiger partial charge in [0.25, 0.3) is 5.91 Å². The van der Waals surface area contributed by atoms with Crippen LogP contribution in [0.3, 0.4) is 0 Å². The van der Waals surface area contributed by atoms with Crippen LogP contribution in [0.1, 0.15) is 53.9 Å². The highest BCUT2D eigenvalue weighted by Gasteiger charge is 2.38. The largest absolute Gasteiger partial charge is 0.494 e. The molecule has 300 valence electrons. The average molecular weight is 835 g/mol. The molecule has 0 aliphatic rings. The van der Waals surface area contributed by atoms with Crippen molar-refractivity contribution < 1.29 is 47.8 Å². The second-order valence-electron chi connectivity index (χ2n) is 15.8. The van der Waals surface area contributed by atoms with E-state index in [1.165, 1.54) is 24.6 Å². The highest BCUT2D eigenvalue weighted by molar-refractivity contribution is 6.97. The van der Waals surface area contributed by atoms with Crippen LogP contribution in [0.25, 0.3) is 0 Å². The minimum Gasteiger partial charge on any atom is -0.494 e. The summed E-state index contributed by atoms with van der Waals surface area (Å²) in [6, 6.07) is 25.6. The molecule has 1 amide bonds. The molecule has 0 radical (unpaired) electrons. The molecule has 6 N–H and O–H groups in total. The summed E-state index contributed by atoms with van der Waals surface area (Å²) in [5.74, 6) is -2.83. The van der Waals surface area contributed by atoms with Crippen LogP contribution in [-0.2, 0) is 14.3 Å². The lowest BCUT2D eigenvalue weighted by Gasteiger charge is -2.35. The fourth-order valence-corrected chi connectivity index (χ4v) is 22.9. The van der Waals surface area contributed by atoms with Gasteiger partial charge < -0.3 is 39.3 Å². The number of ketones is 1. The average Bonchev–Trinajstić information content (AvgIpc) is 3.09. The molecule has 12 nitrogen and oxygen atoms in total. The zero-order chi connectivity index (χ0) is 40.9. The van der Waals surface area contributed by atoms with Crippen LogP contribution in [0.5, 0.6) is 5.75 Å². The predicted octanol–water partition coefficient (Wildman–Crippen LogP) is 6.42. The normalized spacial score (nSPS) is 12.0. The Morgan fingerprint density at radius 3 is 1.71 bits per heavy atom. The van der Waals surface area contributed by atoms with E-state index in [4.69, 9.17) is 13.0 Å². The third kappa shape index (κ3) is 11.9. The van der Waals surface area contributed by atoms with Gasteiger partial charge >= 0.3 is 11.9 Å². The Kier molecular flexibility index (Phi) is 14.7. The van der Waals surface area contributed by atoms with E-state index in [0.717, 1.165) is 16.9 Å². The summed E-state index contributed by atoms with van der Waals surface area (Å²) in [5, 5.41) is 27.1. The summed E-state index contributed by atoms with van der Waals surface area (Å²) in [4.78, 5) is 50.1. The van der Waals surface area contributed by atoms with Crippen molar-refractivity contribution in [2.45, 2.75) is 65.3 Å². The molecule has 0 aromatic heterocycles. The number of carboxylic acid groups (broad SMARTS) is 2. The topological polar surface area (TPSA) is 192 Å². The van der Waals surface area contributed by atoms with Crippen molar-refractivity contribution in [3.05, 3.63) is 113 Å². The van der Waals surface area contributed by atoms with Gasteiger partial charge in [0, 0.05) is 30.1 Å². The number of amides is 1. The molecule has 0 heterocycles. The fraction of sp³-hybridized carbons (Fsp3) is 0.300. The fourth-order valence-electron chi connectivity index (χ4n) is 6.71. The molecular weight excluding hydrogens is 781 g/mol. The number of anilines is 2. The van der Waals surface area contributed by atoms with Crippen molar-refractivity contribution in [1.29, 1.82) is 0 Å². The number of carboxylic acids is 2. The molecule has 4 rings (SSSR count). The third-order valence-electron chi connectivity index (χ3n) is 9.10. The Balaban J connectivity index is 0.00000841. The minimum atomic E-state index is -2.83. The molecule has 0 aliphatic heterocycles. The van der Waals surface area contributed by atoms with E-state index in [0.29, 0.717) is 22.9 Å². The molecular formula is C40H54N2O10Si4. The van der Waals surface area contributed by atoms with Crippen LogP contribution in [0.4, 0.5) is 11.4 Å². The molecule has 0 bridgehead atoms. The first-order chi connectivity index (χ1) is 25.5. The number of rotatable bonds is 17. The van der Waals surface area contributed by atoms with Gasteiger partial charge in [-0.05, 0) is 130 Å². The molecule has 0 saturated heterocycles. The molecule has 0 unspecified atom stereocenters. The molecule has 0 spiro atoms. The van der Waals surface area contributed by atoms with Gasteiger partial charge in [0.2, 0.25) is 25.0 Å². The Bertz CT molecular complexity index is 2100. The van der Waals surface area contributed by atoms with Gasteiger partial charge in [-0.15, -0.1) is 0 Å². The smallest absolute Gasteiger partial charge is 0.336 e. The van der Waals surface area contributed by atoms with Crippen LogP contribution in [0.15, 0.2) is 84.9 Å². The standard InChI is InChI=1S/C40H52N2O9Si4.H2O/c1-27(43)36-23-32(17-19-34(36)39(45)46)54(7,8)51-55(9,10)33-18-20-35(40(47)48)37(24-33)38(44)42-30-15-12-16-31(22-30)49-26-53(5,6)50-52(3,4)25-28-13-11-14-29(21-28)41-2;/h11-24,41H,25-26H2,1-10H3,(H,42,44)(H,45,46)(H,47,48);1H2. The number of carbonyl (C=O) groups is 4. The number of hydrogen-bond acceptors (Lipinski definition) is 8. The molecule has 0 fully saturated rings. The van der Waals surface area contributed by atoms with E-state index < -0.39 is 51.1 Å². The zero-order valence-electron chi connectivity index (χ0n) is 33.7. The predicted molar refractivity (Wildman–Crippen MR) is 231 cm³/mol. The number of Topliss-reactive ketones (excluding diaryl/α,β-unsaturated/α-hetero) is 1. The van der Waals surface area contributed by atoms with Gasteiger partial charge in [0.1, 0.15) is 12.0 Å². The van der Waals surface area contributed by atoms with Gasteiger partial charge in [-0.1, -0.05) is 30.3 Å². The Labute approximate surface area is 333 Å². The number of nitrogens with one attached hydrogen (secondary N) is 2. The van der Waals surface area contributed by atoms with Gasteiger partial charge in [-0.2, -0.15) is 0 Å². The SMILES string of the molecule is CNc1cccc(C[Si](C)(C)O[Si](C)(C)COc2cccc(NC(=O)c3cc([Si](C)(C)O[Si](C)(C)c4ccc(C(=O)O)c(C(C)=O)c4)ccc3C(=O)O)c2)c1.O. The molecule has 16 heteroatoms. The molecule has 4 aromatic carbocycles. The second kappa shape index (κ2) is 18.1. The van der Waals surface area contributed by atoms with Crippen molar-refractivity contribution >= 4 is 78.6 Å². The molecule has 4 aromatic rings. The van der Waals surface area contributed by atoms with Crippen molar-refractivity contribution in [3.8, 4) is 5.75 Å². The van der Waals surface area contributed by atoms with Gasteiger partial charge in [-0.3, -0.25) is 9.59 Å². The third-order valence-corrected chi connectivity index (χ3v) is 23.1. The van der Waals surface area contributed by atoms with E-state index in [-0.39, 0.29) is 33.5 Å². The van der Waals surface area contributed by atoms with E-state index >= 15 is 0 Å². The Morgan fingerprint density at radius 2 is 1.16 bits per heavy atom. The van der Waals surface area contributed by atoms with Crippen LogP contribution in [0.2, 0.25) is 52.4 Å². The van der Waals surface area contributed by atoms with E-state index in [1.807, 2.05) is 45.4 Å². The molecule has 0 aliphatic carbocycles. The quantitative estimate of drug-likeness (QED) is 0.0682. The van der Waals surface area contributed by atoms with Gasteiger partial charge in [0.05, 0.1) is 16.7 Å². The number of hydrogen-bond donors (Lipinski definition) is 4. The van der Waals surface area contributed by atoms with E-state index in [1.54, 1.807) is 48.5 Å². The summed E-state index contributed by atoms with van der Waals surface area (Å²) in [7, 11) is -8.03. The zero-order valence-corrected chi connectivity index (χ0v) is 37.7. The van der Waals surface area contributed by atoms with E-state index in [2.05, 4.69) is 49.0 Å². The summed E-state index contributed by atoms with van der Waals surface area (Å²) in [6.07, 6.45) is 0.404. The van der Waals surface area contributed by atoms with Crippen LogP contribution >= 0.6 is 0 Å². The van der Waals surface area contributed by atoms with Crippen LogP contribution < -0.4 is 25.7 Å². The first kappa shape index (κ1) is 45.7. The number of aromatic carboxylic acids is 2. The lowest BCUT2D eigenvalue weighted by atomic mass is 10.0. The highest BCUT2D eigenvalue weighted by Crippen LogP contribution is 2.25. The van der Waals surface area contributed by atoms with Gasteiger partial charge in [-0.25, -0.2) is 9.59 Å². The van der Waals surface area contributed by atoms with Crippen molar-refractivity contribution in [2.24, 2.45) is 0 Å². The van der Waals surface area contributed by atoms with Crippen LogP contribution in [0, 0.1) is 0 Å². The maximum Gasteiger partial charge on any atom is 0.336 e. The molecule has 0 saturated carbocycles. The van der Waals surface area contributed by atoms with E-state index in [9.17, 15) is 29.4 Å². The second-order valence-corrected chi connectivity index (χ2v) is 32.3. The first-order valence-electron chi connectivity index (χ1n) is 18.0. The lowest BCUT2D eigenvalue weighted by molar-refractivity contribution is 0.0683. The van der Waals surface area contributed by atoms with Crippen molar-refractivity contribution in [2.75, 3.05) is 23.9 Å². The monoisotopic (exact) mass is 834 g/mol. The molecule has 56 heavy (non-hydrogen) atoms. The maximum absolute atomic E-state index is 13.8. The minimum absolute atomic E-state index is 0. The number of benzene rings is 4. The Hall–Kier alpha value is -4.69. The molecule has 0 atom stereocenters. The maximum atomic E-state index is 13.8. The Morgan fingerprint density at radius 1 is 0.625 bits per heavy atom. The lowest BCUT2D eigenvalue weighted by Crippen LogP contribution is -2.58. The van der Waals surface area contributed by atoms with Crippen molar-refractivity contribution in [3.63, 3.8) is 0 Å². The summed E-state index contributed by atoms with van der Waals surface area (Å²) >= 11 is 0. The summed E-state index contributed by atoms with van der Waals surface area (Å²) in [6.45, 7) is 17.9. The van der Waals surface area contributed by atoms with Crippen LogP contribution in [-0.4, -0.2) is 85.9 Å². The summed E-state index contributed by atoms with van der Waals surface area (Å²) in [5.41, 5.74) is 2.61. The number of ether oxygens (including phenoxy) is 1. The highest BCUT2D eigenvalue weighted by atomic mass is 28.4. The van der Waals surface area contributed by atoms with Gasteiger partial charge in [0.15, 0.2) is 14.1 Å². The summed E-state index contributed by atoms with van der Waals surface area (Å²) < 4.78 is 19.9.